The molecular weight excluding hydrogens is 318 g/mol. The van der Waals surface area contributed by atoms with Crippen molar-refractivity contribution in [3.05, 3.63) is 58.5 Å². The van der Waals surface area contributed by atoms with Crippen molar-refractivity contribution in [2.75, 3.05) is 18.6 Å². The molecule has 1 aliphatic heterocycles. The lowest BCUT2D eigenvalue weighted by atomic mass is 10.2. The molecule has 0 saturated carbocycles. The maximum Gasteiger partial charge on any atom is 0.258 e. The van der Waals surface area contributed by atoms with Crippen molar-refractivity contribution in [1.29, 1.82) is 0 Å². The molecule has 1 atom stereocenters. The van der Waals surface area contributed by atoms with Crippen molar-refractivity contribution in [2.24, 2.45) is 0 Å². The van der Waals surface area contributed by atoms with Gasteiger partial charge in [0.15, 0.2) is 5.82 Å². The Morgan fingerprint density at radius 2 is 2.16 bits per heavy atom. The fourth-order valence-electron chi connectivity index (χ4n) is 3.33. The minimum atomic E-state index is -0.102. The number of aromatic nitrogens is 4. The number of aromatic amines is 1. The summed E-state index contributed by atoms with van der Waals surface area (Å²) in [4.78, 5) is 31.0. The molecule has 3 aromatic rings. The molecule has 0 amide bonds. The number of para-hydroxylation sites is 1. The van der Waals surface area contributed by atoms with Gasteiger partial charge in [0.2, 0.25) is 0 Å². The van der Waals surface area contributed by atoms with Crippen LogP contribution < -0.4 is 10.5 Å². The fourth-order valence-corrected chi connectivity index (χ4v) is 3.33. The van der Waals surface area contributed by atoms with Crippen molar-refractivity contribution < 1.29 is 4.74 Å². The molecule has 0 bridgehead atoms. The molecule has 1 unspecified atom stereocenters. The molecule has 3 heterocycles. The molecule has 1 saturated heterocycles. The number of methoxy groups -OCH3 is 1. The molecule has 2 aromatic heterocycles. The van der Waals surface area contributed by atoms with Crippen molar-refractivity contribution >= 4 is 16.7 Å². The lowest BCUT2D eigenvalue weighted by Crippen LogP contribution is -2.27. The zero-order chi connectivity index (χ0) is 17.2. The zero-order valence-electron chi connectivity index (χ0n) is 14.0. The molecular formula is C18H19N5O2. The number of rotatable bonds is 4. The number of ether oxygens (including phenoxy) is 1. The van der Waals surface area contributed by atoms with E-state index in [0.29, 0.717) is 23.6 Å². The summed E-state index contributed by atoms with van der Waals surface area (Å²) in [6.45, 7) is 1.24. The second-order valence-corrected chi connectivity index (χ2v) is 6.08. The van der Waals surface area contributed by atoms with Gasteiger partial charge in [-0.1, -0.05) is 12.1 Å². The Hall–Kier alpha value is -2.80. The van der Waals surface area contributed by atoms with Gasteiger partial charge in [-0.05, 0) is 31.0 Å². The Kier molecular flexibility index (Phi) is 4.15. The third-order valence-electron chi connectivity index (χ3n) is 4.46. The minimum Gasteiger partial charge on any atom is -0.377 e. The highest BCUT2D eigenvalue weighted by Crippen LogP contribution is 2.33. The van der Waals surface area contributed by atoms with Gasteiger partial charge < -0.3 is 14.6 Å². The zero-order valence-corrected chi connectivity index (χ0v) is 14.0. The SMILES string of the molecule is COCc1nccc(N2CCCC2c2nc3ccccc3c(=O)[nH]2)n1. The van der Waals surface area contributed by atoms with Gasteiger partial charge in [0.25, 0.3) is 5.56 Å². The molecule has 7 nitrogen and oxygen atoms in total. The molecule has 128 valence electrons. The average molecular weight is 337 g/mol. The van der Waals surface area contributed by atoms with E-state index in [9.17, 15) is 4.79 Å². The van der Waals surface area contributed by atoms with Crippen LogP contribution in [0, 0.1) is 0 Å². The van der Waals surface area contributed by atoms with Crippen LogP contribution in [0.5, 0.6) is 0 Å². The summed E-state index contributed by atoms with van der Waals surface area (Å²) in [6.07, 6.45) is 3.68. The number of anilines is 1. The second-order valence-electron chi connectivity index (χ2n) is 6.08. The second kappa shape index (κ2) is 6.60. The van der Waals surface area contributed by atoms with Gasteiger partial charge in [-0.3, -0.25) is 4.79 Å². The van der Waals surface area contributed by atoms with E-state index in [1.165, 1.54) is 0 Å². The highest BCUT2D eigenvalue weighted by atomic mass is 16.5. The largest absolute Gasteiger partial charge is 0.377 e. The van der Waals surface area contributed by atoms with E-state index in [2.05, 4.69) is 24.8 Å². The summed E-state index contributed by atoms with van der Waals surface area (Å²) in [5, 5.41) is 0.611. The van der Waals surface area contributed by atoms with Crippen LogP contribution in [0.2, 0.25) is 0 Å². The monoisotopic (exact) mass is 337 g/mol. The number of benzene rings is 1. The Labute approximate surface area is 144 Å². The van der Waals surface area contributed by atoms with Gasteiger partial charge in [-0.2, -0.15) is 0 Å². The first-order valence-corrected chi connectivity index (χ1v) is 8.33. The number of hydrogen-bond acceptors (Lipinski definition) is 6. The van der Waals surface area contributed by atoms with Crippen LogP contribution in [0.25, 0.3) is 10.9 Å². The highest BCUT2D eigenvalue weighted by molar-refractivity contribution is 5.77. The molecule has 0 radical (unpaired) electrons. The summed E-state index contributed by atoms with van der Waals surface area (Å²) >= 11 is 0. The van der Waals surface area contributed by atoms with Gasteiger partial charge in [-0.15, -0.1) is 0 Å². The van der Waals surface area contributed by atoms with Gasteiger partial charge in [0.05, 0.1) is 16.9 Å². The standard InChI is InChI=1S/C18H19N5O2/c1-25-11-15-19-9-8-16(21-15)23-10-4-7-14(23)17-20-13-6-3-2-5-12(13)18(24)22-17/h2-3,5-6,8-9,14H,4,7,10-11H2,1H3,(H,20,22,24). The molecule has 1 aromatic carbocycles. The molecule has 0 spiro atoms. The van der Waals surface area contributed by atoms with E-state index < -0.39 is 0 Å². The first kappa shape index (κ1) is 15.7. The van der Waals surface area contributed by atoms with E-state index in [4.69, 9.17) is 4.74 Å². The number of fused-ring (bicyclic) bond motifs is 1. The van der Waals surface area contributed by atoms with Crippen molar-refractivity contribution in [3.63, 3.8) is 0 Å². The van der Waals surface area contributed by atoms with Gasteiger partial charge in [-0.25, -0.2) is 15.0 Å². The highest BCUT2D eigenvalue weighted by Gasteiger charge is 2.29. The molecule has 1 fully saturated rings. The van der Waals surface area contributed by atoms with E-state index in [1.807, 2.05) is 24.3 Å². The van der Waals surface area contributed by atoms with Gasteiger partial charge in [0, 0.05) is 19.9 Å². The third kappa shape index (κ3) is 2.98. The van der Waals surface area contributed by atoms with E-state index in [1.54, 1.807) is 19.4 Å². The van der Waals surface area contributed by atoms with E-state index >= 15 is 0 Å². The van der Waals surface area contributed by atoms with Crippen LogP contribution in [-0.4, -0.2) is 33.6 Å². The summed E-state index contributed by atoms with van der Waals surface area (Å²) in [5.74, 6) is 2.17. The first-order valence-electron chi connectivity index (χ1n) is 8.33. The Morgan fingerprint density at radius 1 is 1.28 bits per heavy atom. The predicted molar refractivity (Wildman–Crippen MR) is 94.4 cm³/mol. The summed E-state index contributed by atoms with van der Waals surface area (Å²) in [7, 11) is 1.62. The summed E-state index contributed by atoms with van der Waals surface area (Å²) < 4.78 is 5.12. The fraction of sp³-hybridized carbons (Fsp3) is 0.333. The van der Waals surface area contributed by atoms with E-state index in [0.717, 1.165) is 30.7 Å². The van der Waals surface area contributed by atoms with Crippen LogP contribution in [0.4, 0.5) is 5.82 Å². The van der Waals surface area contributed by atoms with Crippen LogP contribution in [0.1, 0.15) is 30.5 Å². The Balaban J connectivity index is 1.72. The van der Waals surface area contributed by atoms with Crippen LogP contribution in [-0.2, 0) is 11.3 Å². The minimum absolute atomic E-state index is 0.00241. The number of hydrogen-bond donors (Lipinski definition) is 1. The molecule has 4 rings (SSSR count). The smallest absolute Gasteiger partial charge is 0.258 e. The van der Waals surface area contributed by atoms with Crippen LogP contribution in [0.3, 0.4) is 0 Å². The van der Waals surface area contributed by atoms with Crippen LogP contribution >= 0.6 is 0 Å². The Morgan fingerprint density at radius 3 is 3.04 bits per heavy atom. The normalized spacial score (nSPS) is 17.3. The van der Waals surface area contributed by atoms with Crippen LogP contribution in [0.15, 0.2) is 41.3 Å². The number of nitrogens with zero attached hydrogens (tertiary/aromatic N) is 4. The maximum absolute atomic E-state index is 12.4. The molecule has 25 heavy (non-hydrogen) atoms. The van der Waals surface area contributed by atoms with Crippen molar-refractivity contribution in [1.82, 2.24) is 19.9 Å². The molecule has 1 aliphatic rings. The maximum atomic E-state index is 12.4. The predicted octanol–water partition coefficient (Wildman–Crippen LogP) is 2.20. The van der Waals surface area contributed by atoms with Gasteiger partial charge >= 0.3 is 0 Å². The number of H-pyrrole nitrogens is 1. The quantitative estimate of drug-likeness (QED) is 0.786. The van der Waals surface area contributed by atoms with Crippen molar-refractivity contribution in [2.45, 2.75) is 25.5 Å². The lowest BCUT2D eigenvalue weighted by Gasteiger charge is -2.25. The molecule has 0 aliphatic carbocycles. The van der Waals surface area contributed by atoms with Gasteiger partial charge in [0.1, 0.15) is 18.2 Å². The molecule has 7 heteroatoms. The van der Waals surface area contributed by atoms with E-state index in [-0.39, 0.29) is 11.6 Å². The number of nitrogens with one attached hydrogen (secondary N) is 1. The summed E-state index contributed by atoms with van der Waals surface area (Å²) in [5.41, 5.74) is 0.617. The Bertz CT molecular complexity index is 955. The third-order valence-corrected chi connectivity index (χ3v) is 4.46. The average Bonchev–Trinajstić information content (AvgIpc) is 3.12. The molecule has 1 N–H and O–H groups in total. The topological polar surface area (TPSA) is 84.0 Å². The lowest BCUT2D eigenvalue weighted by molar-refractivity contribution is 0.178. The summed E-state index contributed by atoms with van der Waals surface area (Å²) in [6, 6.07) is 9.29. The first-order chi connectivity index (χ1) is 12.3. The van der Waals surface area contributed by atoms with Crippen molar-refractivity contribution in [3.8, 4) is 0 Å².